The van der Waals surface area contributed by atoms with Crippen LogP contribution in [0, 0.1) is 0 Å². The van der Waals surface area contributed by atoms with E-state index in [4.69, 9.17) is 4.42 Å². The number of para-hydroxylation sites is 1. The van der Waals surface area contributed by atoms with Crippen LogP contribution < -0.4 is 9.80 Å². The summed E-state index contributed by atoms with van der Waals surface area (Å²) in [6, 6.07) is 145. The molecule has 22 aromatic rings. The van der Waals surface area contributed by atoms with E-state index in [0.29, 0.717) is 0 Å². The molecule has 0 spiro atoms. The normalized spacial score (nSPS) is 13.1. The van der Waals surface area contributed by atoms with Crippen LogP contribution in [0.5, 0.6) is 0 Å². The number of fused-ring (bicyclic) bond motifs is 18. The smallest absolute Gasteiger partial charge is 0.135 e. The molecule has 3 nitrogen and oxygen atoms in total. The number of thiophene rings is 3. The molecule has 4 aromatic heterocycles. The first-order valence-electron chi connectivity index (χ1n) is 41.4. The average Bonchev–Trinajstić information content (AvgIpc) is 1.57. The lowest BCUT2D eigenvalue weighted by Gasteiger charge is -2.28. The van der Waals surface area contributed by atoms with Crippen LogP contribution in [0.1, 0.15) is 49.9 Å². The average molecular weight is 1590 g/mol. The highest BCUT2D eigenvalue weighted by molar-refractivity contribution is 7.27. The fraction of sp³-hybridized carbons (Fsp3) is 0.0526. The van der Waals surface area contributed by atoms with Crippen molar-refractivity contribution in [1.29, 1.82) is 0 Å². The summed E-state index contributed by atoms with van der Waals surface area (Å²) in [7, 11) is 0. The summed E-state index contributed by atoms with van der Waals surface area (Å²) in [5.74, 6) is 0. The summed E-state index contributed by atoms with van der Waals surface area (Å²) in [6.07, 6.45) is 0. The first-order chi connectivity index (χ1) is 58.9. The van der Waals surface area contributed by atoms with E-state index < -0.39 is 0 Å². The van der Waals surface area contributed by atoms with Crippen LogP contribution in [0.25, 0.3) is 183 Å². The third-order valence-corrected chi connectivity index (χ3v) is 29.6. The Balaban J connectivity index is 0.574. The SMILES string of the molecule is CC1(C)c2ccccc2-c2ccc(N(c3ccc(-c4ccc(-c5ccc(-c6cc(-c7ccc(N(c8ccc(-c9ccccc9)cc8)c8ccc9c(c8)C(C)(C)c8ccccc8-9)cc7)cc7c6sc6ccccc67)c6sc7ccccc7c56)cc4)cc3)c3ccc(-c4cc(-c5ccc6oc7ccccc7c6c5)c5sc6ccccc6c5c4)cc3)cc21. The van der Waals surface area contributed by atoms with Crippen LogP contribution >= 0.6 is 34.0 Å². The lowest BCUT2D eigenvalue weighted by Crippen LogP contribution is -2.16. The van der Waals surface area contributed by atoms with Crippen molar-refractivity contribution in [1.82, 2.24) is 0 Å². The van der Waals surface area contributed by atoms with E-state index in [1.54, 1.807) is 0 Å². The van der Waals surface area contributed by atoms with Gasteiger partial charge >= 0.3 is 0 Å². The van der Waals surface area contributed by atoms with Crippen LogP contribution in [0.2, 0.25) is 0 Å². The van der Waals surface area contributed by atoms with E-state index in [1.165, 1.54) is 166 Å². The van der Waals surface area contributed by atoms with E-state index in [1.807, 2.05) is 40.1 Å². The van der Waals surface area contributed by atoms with Gasteiger partial charge in [0.15, 0.2) is 0 Å². The highest BCUT2D eigenvalue weighted by Gasteiger charge is 2.38. The van der Waals surface area contributed by atoms with Crippen molar-refractivity contribution in [3.63, 3.8) is 0 Å². The molecule has 2 aliphatic carbocycles. The van der Waals surface area contributed by atoms with Gasteiger partial charge in [-0.05, 0) is 239 Å². The lowest BCUT2D eigenvalue weighted by molar-refractivity contribution is 0.660. The predicted octanol–water partition coefficient (Wildman–Crippen LogP) is 33.9. The van der Waals surface area contributed by atoms with Gasteiger partial charge in [-0.3, -0.25) is 0 Å². The molecule has 0 radical (unpaired) electrons. The summed E-state index contributed by atoms with van der Waals surface area (Å²) < 4.78 is 14.1. The second-order valence-electron chi connectivity index (χ2n) is 33.4. The zero-order valence-electron chi connectivity index (χ0n) is 66.5. The van der Waals surface area contributed by atoms with Crippen LogP contribution in [-0.2, 0) is 10.8 Å². The largest absolute Gasteiger partial charge is 0.456 e. The Morgan fingerprint density at radius 2 is 0.550 bits per heavy atom. The van der Waals surface area contributed by atoms with Gasteiger partial charge in [0.25, 0.3) is 0 Å². The predicted molar refractivity (Wildman–Crippen MR) is 515 cm³/mol. The van der Waals surface area contributed by atoms with Crippen molar-refractivity contribution in [3.8, 4) is 100 Å². The Morgan fingerprint density at radius 1 is 0.200 bits per heavy atom. The molecule has 18 aromatic carbocycles. The molecule has 24 rings (SSSR count). The van der Waals surface area contributed by atoms with Gasteiger partial charge in [-0.15, -0.1) is 34.0 Å². The molecule has 0 amide bonds. The van der Waals surface area contributed by atoms with Crippen molar-refractivity contribution in [2.24, 2.45) is 0 Å². The van der Waals surface area contributed by atoms with Crippen LogP contribution in [0.3, 0.4) is 0 Å². The van der Waals surface area contributed by atoms with Crippen molar-refractivity contribution >= 4 is 151 Å². The van der Waals surface area contributed by atoms with E-state index in [0.717, 1.165) is 72.8 Å². The van der Waals surface area contributed by atoms with Crippen molar-refractivity contribution in [3.05, 3.63) is 411 Å². The Kier molecular flexibility index (Phi) is 16.0. The first-order valence-corrected chi connectivity index (χ1v) is 43.8. The van der Waals surface area contributed by atoms with Gasteiger partial charge < -0.3 is 14.2 Å². The monoisotopic (exact) mass is 1580 g/mol. The number of rotatable bonds is 13. The molecule has 4 heterocycles. The second kappa shape index (κ2) is 27.3. The molecule has 0 aliphatic heterocycles. The standard InChI is InChI=1S/C114H76N2OS3/c1-113(2)100-28-14-8-22-86(100)88-57-55-83(67-102(88)113)115(79-47-38-71(39-48-79)69-20-6-5-7-21-69)82-53-44-74(45-54-82)78-65-98-92-26-12-18-32-107(92)119-111(98)99(66-78)93-60-59-85(109-94-27-13-19-33-108(94)120-112(93)109)75-36-34-70(35-37-75)72-40-49-80(50-41-72)116(84-56-58-89-87-23-9-15-29-101(87)114(3,4)103(89)68-84)81-51-42-73(43-52-81)77-63-95(110-97(64-77)91-25-11-17-31-106(91)118-110)76-46-61-105-96(62-76)90-24-10-16-30-104(90)117-105/h5-68H,1-4H3. The minimum absolute atomic E-state index is 0.149. The summed E-state index contributed by atoms with van der Waals surface area (Å²) in [5, 5.41) is 9.92. The van der Waals surface area contributed by atoms with E-state index in [9.17, 15) is 0 Å². The van der Waals surface area contributed by atoms with E-state index in [-0.39, 0.29) is 10.8 Å². The molecule has 2 aliphatic rings. The van der Waals surface area contributed by atoms with Gasteiger partial charge in [-0.1, -0.05) is 282 Å². The quantitative estimate of drug-likeness (QED) is 0.115. The Labute approximate surface area is 708 Å². The summed E-state index contributed by atoms with van der Waals surface area (Å²) in [4.78, 5) is 4.88. The summed E-state index contributed by atoms with van der Waals surface area (Å²) in [6.45, 7) is 9.48. The van der Waals surface area contributed by atoms with Gasteiger partial charge in [-0.25, -0.2) is 0 Å². The van der Waals surface area contributed by atoms with Crippen LogP contribution in [0.15, 0.2) is 393 Å². The number of benzene rings is 18. The highest BCUT2D eigenvalue weighted by Crippen LogP contribution is 2.56. The molecule has 0 N–H and O–H groups in total. The minimum atomic E-state index is -0.177. The Bertz CT molecular complexity index is 7930. The fourth-order valence-electron chi connectivity index (χ4n) is 19.8. The van der Waals surface area contributed by atoms with Gasteiger partial charge in [0, 0.05) is 133 Å². The molecule has 0 saturated carbocycles. The molecular weight excluding hydrogens is 1510 g/mol. The topological polar surface area (TPSA) is 19.6 Å². The Morgan fingerprint density at radius 3 is 1.08 bits per heavy atom. The zero-order valence-corrected chi connectivity index (χ0v) is 68.9. The third-order valence-electron chi connectivity index (χ3n) is 25.9. The third kappa shape index (κ3) is 11.2. The maximum absolute atomic E-state index is 6.34. The molecule has 120 heavy (non-hydrogen) atoms. The highest BCUT2D eigenvalue weighted by atomic mass is 32.1. The molecular formula is C114H76N2OS3. The summed E-state index contributed by atoms with van der Waals surface area (Å²) >= 11 is 5.69. The van der Waals surface area contributed by atoms with E-state index in [2.05, 4.69) is 420 Å². The van der Waals surface area contributed by atoms with Crippen molar-refractivity contribution < 1.29 is 4.42 Å². The number of anilines is 6. The number of furan rings is 1. The van der Waals surface area contributed by atoms with Gasteiger partial charge in [0.1, 0.15) is 11.2 Å². The number of hydrogen-bond donors (Lipinski definition) is 0. The lowest BCUT2D eigenvalue weighted by atomic mass is 9.82. The molecule has 6 heteroatoms. The second-order valence-corrected chi connectivity index (χ2v) is 36.5. The van der Waals surface area contributed by atoms with Crippen LogP contribution in [-0.4, -0.2) is 0 Å². The summed E-state index contributed by atoms with van der Waals surface area (Å²) in [5.41, 5.74) is 35.5. The van der Waals surface area contributed by atoms with Crippen LogP contribution in [0.4, 0.5) is 34.1 Å². The van der Waals surface area contributed by atoms with Crippen molar-refractivity contribution in [2.75, 3.05) is 9.80 Å². The minimum Gasteiger partial charge on any atom is -0.456 e. The molecule has 566 valence electrons. The van der Waals surface area contributed by atoms with E-state index >= 15 is 0 Å². The van der Waals surface area contributed by atoms with Crippen molar-refractivity contribution in [2.45, 2.75) is 38.5 Å². The fourth-order valence-corrected chi connectivity index (χ4v) is 23.5. The maximum Gasteiger partial charge on any atom is 0.135 e. The molecule has 0 fully saturated rings. The molecule has 0 saturated heterocycles. The molecule has 0 unspecified atom stereocenters. The number of nitrogens with zero attached hydrogens (tertiary/aromatic N) is 2. The zero-order chi connectivity index (χ0) is 79.6. The number of hydrogen-bond acceptors (Lipinski definition) is 6. The van der Waals surface area contributed by atoms with Gasteiger partial charge in [0.2, 0.25) is 0 Å². The Hall–Kier alpha value is -14.0. The molecule has 0 atom stereocenters. The van der Waals surface area contributed by atoms with Gasteiger partial charge in [0.05, 0.1) is 0 Å². The molecule has 0 bridgehead atoms. The first kappa shape index (κ1) is 70.2. The van der Waals surface area contributed by atoms with Gasteiger partial charge in [-0.2, -0.15) is 0 Å². The maximum atomic E-state index is 6.34.